The maximum Gasteiger partial charge on any atom is 0.399 e. The SMILES string of the molecule is Cc1ccccc1N(C)CC(C(N)=S)C(F)(F)F. The molecule has 2 nitrogen and oxygen atoms in total. The van der Waals surface area contributed by atoms with E-state index in [2.05, 4.69) is 12.2 Å². The van der Waals surface area contributed by atoms with Crippen LogP contribution in [0.2, 0.25) is 0 Å². The predicted octanol–water partition coefficient (Wildman–Crippen LogP) is 2.90. The Hall–Kier alpha value is -1.30. The Bertz CT molecular complexity index is 432. The van der Waals surface area contributed by atoms with E-state index in [4.69, 9.17) is 5.73 Å². The van der Waals surface area contributed by atoms with Gasteiger partial charge in [0.05, 0.1) is 4.99 Å². The van der Waals surface area contributed by atoms with Gasteiger partial charge in [0, 0.05) is 19.3 Å². The zero-order valence-electron chi connectivity index (χ0n) is 10.2. The van der Waals surface area contributed by atoms with Gasteiger partial charge < -0.3 is 10.6 Å². The number of rotatable bonds is 4. The highest BCUT2D eigenvalue weighted by Crippen LogP contribution is 2.29. The zero-order chi connectivity index (χ0) is 13.9. The minimum absolute atomic E-state index is 0.274. The van der Waals surface area contributed by atoms with Crippen molar-refractivity contribution in [1.82, 2.24) is 0 Å². The lowest BCUT2D eigenvalue weighted by molar-refractivity contribution is -0.152. The Morgan fingerprint density at radius 2 is 1.94 bits per heavy atom. The lowest BCUT2D eigenvalue weighted by atomic mass is 10.1. The lowest BCUT2D eigenvalue weighted by Gasteiger charge is -2.27. The number of hydrogen-bond acceptors (Lipinski definition) is 2. The molecule has 2 N–H and O–H groups in total. The lowest BCUT2D eigenvalue weighted by Crippen LogP contribution is -2.42. The molecule has 18 heavy (non-hydrogen) atoms. The predicted molar refractivity (Wildman–Crippen MR) is 70.8 cm³/mol. The molecule has 0 bridgehead atoms. The van der Waals surface area contributed by atoms with E-state index in [0.717, 1.165) is 11.3 Å². The van der Waals surface area contributed by atoms with Gasteiger partial charge >= 0.3 is 6.18 Å². The first-order valence-corrected chi connectivity index (χ1v) is 5.77. The molecule has 1 aromatic rings. The van der Waals surface area contributed by atoms with E-state index in [1.807, 2.05) is 19.1 Å². The molecule has 0 radical (unpaired) electrons. The fourth-order valence-electron chi connectivity index (χ4n) is 1.72. The highest BCUT2D eigenvalue weighted by molar-refractivity contribution is 7.80. The number of nitrogens with two attached hydrogens (primary N) is 1. The zero-order valence-corrected chi connectivity index (χ0v) is 11.0. The first-order chi connectivity index (χ1) is 8.23. The molecule has 0 amide bonds. The van der Waals surface area contributed by atoms with Gasteiger partial charge in [-0.1, -0.05) is 30.4 Å². The van der Waals surface area contributed by atoms with E-state index in [1.165, 1.54) is 4.90 Å². The number of nitrogens with zero attached hydrogens (tertiary/aromatic N) is 1. The molecule has 0 spiro atoms. The average Bonchev–Trinajstić information content (AvgIpc) is 2.24. The smallest absolute Gasteiger partial charge is 0.393 e. The van der Waals surface area contributed by atoms with Gasteiger partial charge in [0.1, 0.15) is 5.92 Å². The van der Waals surface area contributed by atoms with Crippen LogP contribution in [0.5, 0.6) is 0 Å². The average molecular weight is 276 g/mol. The van der Waals surface area contributed by atoms with E-state index >= 15 is 0 Å². The maximum atomic E-state index is 12.8. The summed E-state index contributed by atoms with van der Waals surface area (Å²) in [6.45, 7) is 1.57. The molecule has 0 aliphatic carbocycles. The third-order valence-corrected chi connectivity index (χ3v) is 3.01. The van der Waals surface area contributed by atoms with E-state index in [9.17, 15) is 13.2 Å². The van der Waals surface area contributed by atoms with Crippen molar-refractivity contribution in [2.75, 3.05) is 18.5 Å². The fraction of sp³-hybridized carbons (Fsp3) is 0.417. The number of alkyl halides is 3. The first kappa shape index (κ1) is 14.8. The molecule has 0 aliphatic heterocycles. The van der Waals surface area contributed by atoms with Crippen LogP contribution in [0.3, 0.4) is 0 Å². The van der Waals surface area contributed by atoms with Crippen LogP contribution < -0.4 is 10.6 Å². The van der Waals surface area contributed by atoms with Crippen molar-refractivity contribution in [2.24, 2.45) is 11.7 Å². The van der Waals surface area contributed by atoms with Gasteiger partial charge in [-0.2, -0.15) is 13.2 Å². The number of thiocarbonyl (C=S) groups is 1. The van der Waals surface area contributed by atoms with Crippen molar-refractivity contribution in [3.63, 3.8) is 0 Å². The Labute approximate surface area is 110 Å². The molecule has 0 aromatic heterocycles. The summed E-state index contributed by atoms with van der Waals surface area (Å²) in [7, 11) is 1.60. The molecule has 0 heterocycles. The van der Waals surface area contributed by atoms with Crippen LogP contribution in [0, 0.1) is 12.8 Å². The monoisotopic (exact) mass is 276 g/mol. The minimum atomic E-state index is -4.41. The van der Waals surface area contributed by atoms with Gasteiger partial charge in [-0.25, -0.2) is 0 Å². The highest BCUT2D eigenvalue weighted by Gasteiger charge is 2.42. The first-order valence-electron chi connectivity index (χ1n) is 5.36. The largest absolute Gasteiger partial charge is 0.399 e. The van der Waals surface area contributed by atoms with Crippen LogP contribution in [0.15, 0.2) is 24.3 Å². The molecule has 0 saturated carbocycles. The number of halogens is 3. The normalized spacial score (nSPS) is 13.2. The Morgan fingerprint density at radius 1 is 1.39 bits per heavy atom. The summed E-state index contributed by atoms with van der Waals surface area (Å²) in [6, 6.07) is 7.22. The number of benzene rings is 1. The molecule has 1 unspecified atom stereocenters. The summed E-state index contributed by atoms with van der Waals surface area (Å²) < 4.78 is 38.3. The van der Waals surface area contributed by atoms with Crippen molar-refractivity contribution in [1.29, 1.82) is 0 Å². The van der Waals surface area contributed by atoms with Crippen molar-refractivity contribution in [2.45, 2.75) is 13.1 Å². The van der Waals surface area contributed by atoms with Crippen LogP contribution in [0.25, 0.3) is 0 Å². The van der Waals surface area contributed by atoms with Crippen LogP contribution in [0.4, 0.5) is 18.9 Å². The molecule has 1 aromatic carbocycles. The van der Waals surface area contributed by atoms with E-state index in [0.29, 0.717) is 0 Å². The van der Waals surface area contributed by atoms with Gasteiger partial charge in [0.2, 0.25) is 0 Å². The third-order valence-electron chi connectivity index (χ3n) is 2.72. The molecule has 0 saturated heterocycles. The Kier molecular flexibility index (Phi) is 4.56. The molecular formula is C12H15F3N2S. The van der Waals surface area contributed by atoms with E-state index in [-0.39, 0.29) is 6.54 Å². The number of hydrogen-bond donors (Lipinski definition) is 1. The molecule has 1 rings (SSSR count). The van der Waals surface area contributed by atoms with Crippen LogP contribution in [0.1, 0.15) is 5.56 Å². The molecule has 100 valence electrons. The summed E-state index contributed by atoms with van der Waals surface area (Å²) in [6.07, 6.45) is -4.41. The van der Waals surface area contributed by atoms with Crippen molar-refractivity contribution in [3.8, 4) is 0 Å². The summed E-state index contributed by atoms with van der Waals surface area (Å²) in [4.78, 5) is 0.995. The summed E-state index contributed by atoms with van der Waals surface area (Å²) in [5, 5.41) is 0. The fourth-order valence-corrected chi connectivity index (χ4v) is 1.93. The topological polar surface area (TPSA) is 29.3 Å². The van der Waals surface area contributed by atoms with Crippen molar-refractivity contribution < 1.29 is 13.2 Å². The second kappa shape index (κ2) is 5.56. The molecule has 1 atom stereocenters. The van der Waals surface area contributed by atoms with E-state index in [1.54, 1.807) is 19.2 Å². The van der Waals surface area contributed by atoms with E-state index < -0.39 is 17.1 Å². The van der Waals surface area contributed by atoms with Gasteiger partial charge in [-0.05, 0) is 18.6 Å². The number of aryl methyl sites for hydroxylation is 1. The number of anilines is 1. The second-order valence-electron chi connectivity index (χ2n) is 4.16. The van der Waals surface area contributed by atoms with Crippen molar-refractivity contribution >= 4 is 22.9 Å². The maximum absolute atomic E-state index is 12.8. The van der Waals surface area contributed by atoms with Crippen LogP contribution in [-0.2, 0) is 0 Å². The molecule has 0 fully saturated rings. The summed E-state index contributed by atoms with van der Waals surface area (Å²) >= 11 is 4.50. The standard InChI is InChI=1S/C12H15F3N2S/c1-8-5-3-4-6-10(8)17(2)7-9(11(16)18)12(13,14)15/h3-6,9H,7H2,1-2H3,(H2,16,18). The molecular weight excluding hydrogens is 261 g/mol. The highest BCUT2D eigenvalue weighted by atomic mass is 32.1. The van der Waals surface area contributed by atoms with Crippen LogP contribution in [-0.4, -0.2) is 24.8 Å². The Balaban J connectivity index is 2.89. The van der Waals surface area contributed by atoms with Gasteiger partial charge in [-0.3, -0.25) is 0 Å². The molecule has 0 aliphatic rings. The third kappa shape index (κ3) is 3.60. The summed E-state index contributed by atoms with van der Waals surface area (Å²) in [5.74, 6) is -1.79. The Morgan fingerprint density at radius 3 is 2.39 bits per heavy atom. The number of para-hydroxylation sites is 1. The quantitative estimate of drug-likeness (QED) is 0.857. The van der Waals surface area contributed by atoms with Crippen molar-refractivity contribution in [3.05, 3.63) is 29.8 Å². The molecule has 6 heteroatoms. The van der Waals surface area contributed by atoms with Gasteiger partial charge in [0.15, 0.2) is 0 Å². The minimum Gasteiger partial charge on any atom is -0.393 e. The van der Waals surface area contributed by atoms with Gasteiger partial charge in [0.25, 0.3) is 0 Å². The summed E-state index contributed by atoms with van der Waals surface area (Å²) in [5.41, 5.74) is 6.82. The second-order valence-corrected chi connectivity index (χ2v) is 4.63. The van der Waals surface area contributed by atoms with Gasteiger partial charge in [-0.15, -0.1) is 0 Å². The van der Waals surface area contributed by atoms with Crippen LogP contribution >= 0.6 is 12.2 Å².